The zero-order chi connectivity index (χ0) is 34.0. The molecule has 0 aliphatic carbocycles. The Bertz CT molecular complexity index is 588. The van der Waals surface area contributed by atoms with Crippen LogP contribution in [0.5, 0.6) is 0 Å². The van der Waals surface area contributed by atoms with Gasteiger partial charge in [0, 0.05) is 18.3 Å². The lowest BCUT2D eigenvalue weighted by molar-refractivity contribution is -0.831. The van der Waals surface area contributed by atoms with Crippen LogP contribution in [0.2, 0.25) is 0 Å². The third-order valence-electron chi connectivity index (χ3n) is 10.9. The van der Waals surface area contributed by atoms with Crippen molar-refractivity contribution in [2.45, 2.75) is 265 Å². The molecule has 0 bridgehead atoms. The Labute approximate surface area is 308 Å². The van der Waals surface area contributed by atoms with Crippen molar-refractivity contribution in [3.63, 3.8) is 0 Å². The smallest absolute Gasteiger partial charge is 0.202 e. The molecule has 0 aromatic rings. The van der Waals surface area contributed by atoms with Crippen molar-refractivity contribution >= 4 is 0 Å². The Morgan fingerprint density at radius 3 is 0.957 bits per heavy atom. The molecule has 0 aromatic heterocycles. The Hall–Kier alpha value is 0.360. The van der Waals surface area contributed by atoms with Crippen LogP contribution in [0.4, 0.5) is 0 Å². The minimum absolute atomic E-state index is 0. The third kappa shape index (κ3) is 33.3. The Kier molecular flexibility index (Phi) is 39.6. The molecule has 0 saturated heterocycles. The van der Waals surface area contributed by atoms with E-state index >= 15 is 0 Å². The van der Waals surface area contributed by atoms with Gasteiger partial charge in [0.25, 0.3) is 0 Å². The zero-order valence-corrected chi connectivity index (χ0v) is 34.7. The molecule has 4 heteroatoms. The van der Waals surface area contributed by atoms with Gasteiger partial charge in [0.15, 0.2) is 6.23 Å². The first-order valence-electron chi connectivity index (χ1n) is 21.6. The van der Waals surface area contributed by atoms with E-state index in [1.165, 1.54) is 199 Å². The number of quaternary nitrogens is 1. The van der Waals surface area contributed by atoms with Gasteiger partial charge in [0.2, 0.25) is 5.72 Å². The van der Waals surface area contributed by atoms with Gasteiger partial charge in [0.05, 0.1) is 0 Å². The average Bonchev–Trinajstić information content (AvgIpc) is 3.04. The second-order valence-electron chi connectivity index (χ2n) is 15.9. The first kappa shape index (κ1) is 49.5. The lowest BCUT2D eigenvalue weighted by atomic mass is 9.86. The van der Waals surface area contributed by atoms with Crippen LogP contribution >= 0.6 is 0 Å². The number of aliphatic hydroxyl groups excluding tert-OH is 1. The van der Waals surface area contributed by atoms with Gasteiger partial charge in [-0.2, -0.15) is 0 Å². The van der Waals surface area contributed by atoms with Gasteiger partial charge in [-0.15, -0.1) is 0 Å². The Balaban J connectivity index is 0. The van der Waals surface area contributed by atoms with Crippen LogP contribution in [-0.2, 0) is 0 Å². The molecule has 0 radical (unpaired) electrons. The van der Waals surface area contributed by atoms with Crippen LogP contribution in [0, 0.1) is 11.8 Å². The summed E-state index contributed by atoms with van der Waals surface area (Å²) < 4.78 is 0. The van der Waals surface area contributed by atoms with Gasteiger partial charge in [-0.25, -0.2) is 0 Å². The van der Waals surface area contributed by atoms with Gasteiger partial charge in [-0.3, -0.25) is 5.32 Å². The second-order valence-corrected chi connectivity index (χ2v) is 15.9. The van der Waals surface area contributed by atoms with Gasteiger partial charge in [0.1, 0.15) is 0 Å². The summed E-state index contributed by atoms with van der Waals surface area (Å²) in [6, 6.07) is 0. The predicted octanol–water partition coefficient (Wildman–Crippen LogP) is 10.2. The van der Waals surface area contributed by atoms with Gasteiger partial charge >= 0.3 is 0 Å². The molecule has 0 aliphatic rings. The predicted molar refractivity (Wildman–Crippen MR) is 205 cm³/mol. The molecule has 286 valence electrons. The highest BCUT2D eigenvalue weighted by Crippen LogP contribution is 2.25. The molecule has 0 amide bonds. The average molecular weight is 733 g/mol. The Morgan fingerprint density at radius 2 is 0.681 bits per heavy atom. The highest BCUT2D eigenvalue weighted by Gasteiger charge is 2.39. The van der Waals surface area contributed by atoms with E-state index in [2.05, 4.69) is 34.6 Å². The van der Waals surface area contributed by atoms with E-state index in [4.69, 9.17) is 0 Å². The highest BCUT2D eigenvalue weighted by atomic mass is 79.9. The normalized spacial score (nSPS) is 14.3. The third-order valence-corrected chi connectivity index (χ3v) is 10.9. The van der Waals surface area contributed by atoms with E-state index in [0.717, 1.165) is 19.3 Å². The van der Waals surface area contributed by atoms with Crippen molar-refractivity contribution in [3.05, 3.63) is 0 Å². The molecule has 47 heavy (non-hydrogen) atoms. The molecule has 0 aromatic carbocycles. The minimum atomic E-state index is -0.838. The molecule has 0 fully saturated rings. The largest absolute Gasteiger partial charge is 1.00 e. The van der Waals surface area contributed by atoms with Crippen molar-refractivity contribution < 1.29 is 32.5 Å². The standard InChI is InChI=1S/C43H89NO2.BrH/c1-6-8-10-12-14-16-18-20-22-24-26-28-30-32-34-36-38-41(5)43(46,44-42(45)40(3)4)39-37-35-33-31-29-27-25-23-21-19-17-15-13-11-9-7-2;/h40-42,44-46H,6-39H2,1-5H3;1H. The molecule has 4 N–H and O–H groups in total. The zero-order valence-electron chi connectivity index (χ0n) is 33.1. The summed E-state index contributed by atoms with van der Waals surface area (Å²) in [4.78, 5) is 0. The number of hydrogen-bond donors (Lipinski definition) is 3. The van der Waals surface area contributed by atoms with Crippen LogP contribution in [0.1, 0.15) is 253 Å². The molecular formula is C43H90BrNO2. The SMILES string of the molecule is CCCCCCCCCCCCCCCCCCC(C)C(O)(CCCCCCCCCCCCCCCCCC)[NH2+]C(O)C(C)C.[Br-]. The van der Waals surface area contributed by atoms with Crippen molar-refractivity contribution in [2.75, 3.05) is 0 Å². The van der Waals surface area contributed by atoms with E-state index in [1.54, 1.807) is 0 Å². The maximum Gasteiger partial charge on any atom is 0.202 e. The van der Waals surface area contributed by atoms with Gasteiger partial charge in [-0.1, -0.05) is 234 Å². The summed E-state index contributed by atoms with van der Waals surface area (Å²) in [5, 5.41) is 24.3. The van der Waals surface area contributed by atoms with Crippen molar-refractivity contribution in [2.24, 2.45) is 11.8 Å². The monoisotopic (exact) mass is 732 g/mol. The molecule has 3 nitrogen and oxygen atoms in total. The summed E-state index contributed by atoms with van der Waals surface area (Å²) in [5.41, 5.74) is -0.838. The summed E-state index contributed by atoms with van der Waals surface area (Å²) in [7, 11) is 0. The fourth-order valence-electron chi connectivity index (χ4n) is 7.19. The molecule has 3 atom stereocenters. The first-order valence-corrected chi connectivity index (χ1v) is 21.6. The van der Waals surface area contributed by atoms with E-state index in [1.807, 2.05) is 5.32 Å². The summed E-state index contributed by atoms with van der Waals surface area (Å²) in [5.74, 6) is 0.365. The molecule has 3 unspecified atom stereocenters. The Morgan fingerprint density at radius 1 is 0.426 bits per heavy atom. The summed E-state index contributed by atoms with van der Waals surface area (Å²) in [6.45, 7) is 10.9. The number of hydrogen-bond acceptors (Lipinski definition) is 2. The summed E-state index contributed by atoms with van der Waals surface area (Å²) >= 11 is 0. The van der Waals surface area contributed by atoms with E-state index in [9.17, 15) is 10.2 Å². The molecular weight excluding hydrogens is 642 g/mol. The fourth-order valence-corrected chi connectivity index (χ4v) is 7.19. The van der Waals surface area contributed by atoms with Crippen LogP contribution in [0.3, 0.4) is 0 Å². The van der Waals surface area contributed by atoms with Gasteiger partial charge in [-0.05, 0) is 12.8 Å². The maximum absolute atomic E-state index is 11.7. The van der Waals surface area contributed by atoms with Gasteiger partial charge < -0.3 is 27.2 Å². The summed E-state index contributed by atoms with van der Waals surface area (Å²) in [6.07, 6.45) is 45.5. The molecule has 0 aliphatic heterocycles. The van der Waals surface area contributed by atoms with E-state index in [-0.39, 0.29) is 28.8 Å². The number of halogens is 1. The second kappa shape index (κ2) is 37.6. The van der Waals surface area contributed by atoms with Crippen molar-refractivity contribution in [1.82, 2.24) is 0 Å². The van der Waals surface area contributed by atoms with Crippen LogP contribution in [0.15, 0.2) is 0 Å². The first-order chi connectivity index (χ1) is 22.4. The lowest BCUT2D eigenvalue weighted by Gasteiger charge is -2.34. The minimum Gasteiger partial charge on any atom is -1.00 e. The van der Waals surface area contributed by atoms with E-state index in [0.29, 0.717) is 0 Å². The number of nitrogens with two attached hydrogens (primary N) is 1. The van der Waals surface area contributed by atoms with Crippen LogP contribution < -0.4 is 22.3 Å². The van der Waals surface area contributed by atoms with E-state index < -0.39 is 12.0 Å². The quantitative estimate of drug-likeness (QED) is 0.0437. The van der Waals surface area contributed by atoms with Crippen LogP contribution in [-0.4, -0.2) is 22.2 Å². The fraction of sp³-hybridized carbons (Fsp3) is 1.00. The topological polar surface area (TPSA) is 57.1 Å². The number of aliphatic hydroxyl groups is 2. The highest BCUT2D eigenvalue weighted by molar-refractivity contribution is 4.73. The van der Waals surface area contributed by atoms with Crippen LogP contribution in [0.25, 0.3) is 0 Å². The molecule has 0 spiro atoms. The molecule has 0 heterocycles. The molecule has 0 rings (SSSR count). The maximum atomic E-state index is 11.7. The number of unbranched alkanes of at least 4 members (excludes halogenated alkanes) is 30. The molecule has 0 saturated carbocycles. The number of rotatable bonds is 38. The van der Waals surface area contributed by atoms with Crippen molar-refractivity contribution in [3.8, 4) is 0 Å². The lowest BCUT2D eigenvalue weighted by Crippen LogP contribution is -3.03. The van der Waals surface area contributed by atoms with Crippen molar-refractivity contribution in [1.29, 1.82) is 0 Å².